The first-order chi connectivity index (χ1) is 9.97. The Kier molecular flexibility index (Phi) is 4.90. The number of amides is 1. The Morgan fingerprint density at radius 3 is 2.71 bits per heavy atom. The first-order valence-corrected chi connectivity index (χ1v) is 7.73. The third kappa shape index (κ3) is 4.01. The number of nitrogens with one attached hydrogen (secondary N) is 1. The molecule has 0 aliphatic carbocycles. The van der Waals surface area contributed by atoms with Crippen molar-refractivity contribution in [1.82, 2.24) is 5.32 Å². The van der Waals surface area contributed by atoms with Gasteiger partial charge in [0.15, 0.2) is 0 Å². The summed E-state index contributed by atoms with van der Waals surface area (Å²) in [7, 11) is -1.44. The molecule has 0 spiro atoms. The summed E-state index contributed by atoms with van der Waals surface area (Å²) in [6, 6.07) is 6.38. The smallest absolute Gasteiger partial charge is 0.233 e. The quantitative estimate of drug-likeness (QED) is 0.923. The van der Waals surface area contributed by atoms with E-state index in [0.717, 1.165) is 0 Å². The van der Waals surface area contributed by atoms with Crippen LogP contribution in [0, 0.1) is 19.7 Å². The van der Waals surface area contributed by atoms with Gasteiger partial charge in [0.2, 0.25) is 5.91 Å². The van der Waals surface area contributed by atoms with E-state index >= 15 is 0 Å². The molecule has 0 unspecified atom stereocenters. The fourth-order valence-corrected chi connectivity index (χ4v) is 2.88. The van der Waals surface area contributed by atoms with Gasteiger partial charge in [-0.15, -0.1) is 0 Å². The Hall–Kier alpha value is -1.95. The number of hydrogen-bond donors (Lipinski definition) is 1. The zero-order valence-electron chi connectivity index (χ0n) is 11.8. The molecule has 0 aliphatic heterocycles. The summed E-state index contributed by atoms with van der Waals surface area (Å²) in [5.74, 6) is -0.259. The van der Waals surface area contributed by atoms with E-state index in [1.54, 1.807) is 32.0 Å². The van der Waals surface area contributed by atoms with E-state index in [9.17, 15) is 13.4 Å². The number of carbonyl (C=O) groups is 1. The van der Waals surface area contributed by atoms with Gasteiger partial charge >= 0.3 is 0 Å². The lowest BCUT2D eigenvalue weighted by Gasteiger charge is -2.06. The van der Waals surface area contributed by atoms with Crippen LogP contribution in [0.25, 0.3) is 0 Å². The van der Waals surface area contributed by atoms with Crippen LogP contribution in [-0.2, 0) is 22.1 Å². The summed E-state index contributed by atoms with van der Waals surface area (Å²) in [5, 5.41) is 2.63. The van der Waals surface area contributed by atoms with E-state index in [0.29, 0.717) is 21.8 Å². The van der Waals surface area contributed by atoms with Crippen LogP contribution in [-0.4, -0.2) is 15.9 Å². The Morgan fingerprint density at radius 2 is 2.10 bits per heavy atom. The second-order valence-electron chi connectivity index (χ2n) is 4.69. The molecule has 1 atom stereocenters. The van der Waals surface area contributed by atoms with Gasteiger partial charge in [0, 0.05) is 6.54 Å². The summed E-state index contributed by atoms with van der Waals surface area (Å²) in [4.78, 5) is 12.3. The maximum absolute atomic E-state index is 13.4. The molecule has 0 saturated carbocycles. The Morgan fingerprint density at radius 1 is 1.33 bits per heavy atom. The minimum absolute atomic E-state index is 0.144. The van der Waals surface area contributed by atoms with Gasteiger partial charge < -0.3 is 9.73 Å². The molecule has 0 fully saturated rings. The summed E-state index contributed by atoms with van der Waals surface area (Å²) in [5.41, 5.74) is 1.22. The maximum atomic E-state index is 13.4. The molecule has 6 heteroatoms. The highest BCUT2D eigenvalue weighted by atomic mass is 32.2. The van der Waals surface area contributed by atoms with Crippen molar-refractivity contribution in [2.45, 2.75) is 25.3 Å². The molecule has 1 amide bonds. The average molecular weight is 309 g/mol. The van der Waals surface area contributed by atoms with Crippen molar-refractivity contribution in [2.24, 2.45) is 0 Å². The monoisotopic (exact) mass is 309 g/mol. The fraction of sp³-hybridized carbons (Fsp3) is 0.267. The maximum Gasteiger partial charge on any atom is 0.233 e. The largest absolute Gasteiger partial charge is 0.468 e. The lowest BCUT2D eigenvalue weighted by atomic mass is 10.1. The number of rotatable bonds is 5. The Labute approximate surface area is 124 Å². The van der Waals surface area contributed by atoms with Crippen LogP contribution in [0.4, 0.5) is 4.39 Å². The van der Waals surface area contributed by atoms with Gasteiger partial charge in [-0.25, -0.2) is 4.39 Å². The SMILES string of the molecule is Cc1ccc(CNC(=O)C[S@@](=O)c2ccoc2C)cc1F. The normalized spacial score (nSPS) is 12.1. The molecule has 1 aromatic heterocycles. The number of benzene rings is 1. The summed E-state index contributed by atoms with van der Waals surface area (Å²) >= 11 is 0. The highest BCUT2D eigenvalue weighted by Crippen LogP contribution is 2.14. The van der Waals surface area contributed by atoms with Crippen LogP contribution in [0.15, 0.2) is 39.8 Å². The molecule has 0 radical (unpaired) electrons. The molecule has 112 valence electrons. The molecule has 1 N–H and O–H groups in total. The van der Waals surface area contributed by atoms with Crippen molar-refractivity contribution < 1.29 is 17.8 Å². The van der Waals surface area contributed by atoms with Crippen molar-refractivity contribution in [1.29, 1.82) is 0 Å². The second-order valence-corrected chi connectivity index (χ2v) is 6.11. The van der Waals surface area contributed by atoms with Gasteiger partial charge in [-0.2, -0.15) is 0 Å². The molecule has 4 nitrogen and oxygen atoms in total. The number of hydrogen-bond acceptors (Lipinski definition) is 3. The highest BCUT2D eigenvalue weighted by molar-refractivity contribution is 7.85. The zero-order valence-corrected chi connectivity index (χ0v) is 12.6. The standard InChI is InChI=1S/C15H16FNO3S/c1-10-3-4-12(7-13(10)16)8-17-15(18)9-21(19)14-5-6-20-11(14)2/h3-7H,8-9H2,1-2H3,(H,17,18)/t21-/m1/s1. The van der Waals surface area contributed by atoms with Crippen LogP contribution in [0.1, 0.15) is 16.9 Å². The first kappa shape index (κ1) is 15.4. The van der Waals surface area contributed by atoms with Crippen molar-refractivity contribution >= 4 is 16.7 Å². The Balaban J connectivity index is 1.89. The van der Waals surface area contributed by atoms with Gasteiger partial charge in [-0.05, 0) is 37.1 Å². The number of furan rings is 1. The van der Waals surface area contributed by atoms with Crippen LogP contribution >= 0.6 is 0 Å². The van der Waals surface area contributed by atoms with Crippen molar-refractivity contribution in [3.8, 4) is 0 Å². The summed E-state index contributed by atoms with van der Waals surface area (Å²) in [6.45, 7) is 3.58. The first-order valence-electron chi connectivity index (χ1n) is 6.41. The predicted octanol–water partition coefficient (Wildman–Crippen LogP) is 2.46. The number of carbonyl (C=O) groups excluding carboxylic acids is 1. The van der Waals surface area contributed by atoms with E-state index in [1.807, 2.05) is 0 Å². The molecule has 2 rings (SSSR count). The molecule has 21 heavy (non-hydrogen) atoms. The highest BCUT2D eigenvalue weighted by Gasteiger charge is 2.14. The topological polar surface area (TPSA) is 59.3 Å². The Bertz CT molecular complexity index is 681. The molecule has 1 aromatic carbocycles. The molecule has 0 bridgehead atoms. The lowest BCUT2D eigenvalue weighted by molar-refractivity contribution is -0.118. The number of halogens is 1. The minimum Gasteiger partial charge on any atom is -0.468 e. The van der Waals surface area contributed by atoms with Crippen molar-refractivity contribution in [3.05, 3.63) is 53.2 Å². The number of aryl methyl sites for hydroxylation is 2. The summed E-state index contributed by atoms with van der Waals surface area (Å²) in [6.07, 6.45) is 1.44. The van der Waals surface area contributed by atoms with E-state index < -0.39 is 10.8 Å². The summed E-state index contributed by atoms with van der Waals surface area (Å²) < 4.78 is 30.4. The van der Waals surface area contributed by atoms with Crippen LogP contribution < -0.4 is 5.32 Å². The molecular formula is C15H16FNO3S. The predicted molar refractivity (Wildman–Crippen MR) is 77.7 cm³/mol. The minimum atomic E-state index is -1.44. The van der Waals surface area contributed by atoms with Gasteiger partial charge in [0.25, 0.3) is 0 Å². The van der Waals surface area contributed by atoms with Crippen LogP contribution in [0.5, 0.6) is 0 Å². The zero-order chi connectivity index (χ0) is 15.4. The fourth-order valence-electron chi connectivity index (χ4n) is 1.80. The van der Waals surface area contributed by atoms with E-state index in [-0.39, 0.29) is 24.0 Å². The van der Waals surface area contributed by atoms with E-state index in [4.69, 9.17) is 4.42 Å². The van der Waals surface area contributed by atoms with Gasteiger partial charge in [0.05, 0.1) is 22.0 Å². The van der Waals surface area contributed by atoms with Gasteiger partial charge in [-0.3, -0.25) is 9.00 Å². The van der Waals surface area contributed by atoms with E-state index in [1.165, 1.54) is 12.3 Å². The third-order valence-electron chi connectivity index (χ3n) is 3.04. The third-order valence-corrected chi connectivity index (χ3v) is 4.48. The molecule has 1 heterocycles. The second kappa shape index (κ2) is 6.67. The van der Waals surface area contributed by atoms with Crippen molar-refractivity contribution in [2.75, 3.05) is 5.75 Å². The average Bonchev–Trinajstić information content (AvgIpc) is 2.86. The van der Waals surface area contributed by atoms with Gasteiger partial charge in [0.1, 0.15) is 17.3 Å². The van der Waals surface area contributed by atoms with Crippen LogP contribution in [0.3, 0.4) is 0 Å². The molecule has 0 aliphatic rings. The molecule has 0 saturated heterocycles. The lowest BCUT2D eigenvalue weighted by Crippen LogP contribution is -2.28. The van der Waals surface area contributed by atoms with Crippen molar-refractivity contribution in [3.63, 3.8) is 0 Å². The van der Waals surface area contributed by atoms with E-state index in [2.05, 4.69) is 5.32 Å². The van der Waals surface area contributed by atoms with Crippen LogP contribution in [0.2, 0.25) is 0 Å². The van der Waals surface area contributed by atoms with Gasteiger partial charge in [-0.1, -0.05) is 12.1 Å². The molecule has 2 aromatic rings. The molecular weight excluding hydrogens is 293 g/mol.